The summed E-state index contributed by atoms with van der Waals surface area (Å²) in [5, 5.41) is 2.59. The molecule has 110 valence electrons. The van der Waals surface area contributed by atoms with Crippen LogP contribution in [0.3, 0.4) is 0 Å². The minimum atomic E-state index is -0.322. The van der Waals surface area contributed by atoms with Gasteiger partial charge in [0.05, 0.1) is 6.54 Å². The van der Waals surface area contributed by atoms with Crippen molar-refractivity contribution < 1.29 is 9.59 Å². The number of hydrogen-bond donors (Lipinski definition) is 2. The number of aryl methyl sites for hydroxylation is 1. The van der Waals surface area contributed by atoms with E-state index in [4.69, 9.17) is 5.73 Å². The van der Waals surface area contributed by atoms with E-state index in [1.807, 2.05) is 24.3 Å². The van der Waals surface area contributed by atoms with E-state index in [9.17, 15) is 9.59 Å². The summed E-state index contributed by atoms with van der Waals surface area (Å²) in [7, 11) is 1.67. The van der Waals surface area contributed by atoms with E-state index in [-0.39, 0.29) is 12.5 Å². The molecular formula is C15H22N2O2S. The number of allylic oxidation sites excluding steroid dienone is 2. The van der Waals surface area contributed by atoms with Gasteiger partial charge in [0.25, 0.3) is 0 Å². The molecule has 0 bridgehead atoms. The molecule has 1 aliphatic heterocycles. The summed E-state index contributed by atoms with van der Waals surface area (Å²) >= 11 is 1.64. The lowest BCUT2D eigenvalue weighted by molar-refractivity contribution is -0.117. The molecule has 0 atom stereocenters. The fourth-order valence-electron chi connectivity index (χ4n) is 1.23. The van der Waals surface area contributed by atoms with Gasteiger partial charge in [-0.3, -0.25) is 9.59 Å². The Morgan fingerprint density at radius 3 is 2.25 bits per heavy atom. The molecule has 1 aliphatic rings. The number of thioether (sulfide) groups is 1. The summed E-state index contributed by atoms with van der Waals surface area (Å²) in [6.45, 7) is 2.35. The number of likely N-dealkylation sites (N-methyl/N-ethyl adjacent to an activating group) is 1. The Bertz CT molecular complexity index is 419. The average molecular weight is 294 g/mol. The number of aldehydes is 1. The van der Waals surface area contributed by atoms with Crippen LogP contribution in [-0.4, -0.2) is 31.5 Å². The molecule has 0 radical (unpaired) electrons. The van der Waals surface area contributed by atoms with Gasteiger partial charge in [-0.1, -0.05) is 42.0 Å². The molecule has 4 nitrogen and oxygen atoms in total. The third-order valence-electron chi connectivity index (χ3n) is 2.14. The van der Waals surface area contributed by atoms with Gasteiger partial charge in [-0.05, 0) is 20.4 Å². The van der Waals surface area contributed by atoms with Gasteiger partial charge in [0.1, 0.15) is 0 Å². The number of primary amides is 1. The number of nitrogens with one attached hydrogen (secondary N) is 1. The van der Waals surface area contributed by atoms with Gasteiger partial charge in [-0.25, -0.2) is 0 Å². The van der Waals surface area contributed by atoms with Gasteiger partial charge < -0.3 is 11.1 Å². The fraction of sp³-hybridized carbons (Fsp3) is 0.333. The van der Waals surface area contributed by atoms with Crippen LogP contribution in [0.15, 0.2) is 41.3 Å². The molecule has 20 heavy (non-hydrogen) atoms. The van der Waals surface area contributed by atoms with Crippen molar-refractivity contribution in [1.82, 2.24) is 5.32 Å². The molecule has 0 fully saturated rings. The maximum atomic E-state index is 9.92. The minimum Gasteiger partial charge on any atom is -0.369 e. The zero-order valence-electron chi connectivity index (χ0n) is 12.0. The molecule has 0 unspecified atom stereocenters. The van der Waals surface area contributed by atoms with E-state index in [1.165, 1.54) is 5.56 Å². The number of rotatable bonds is 3. The molecule has 1 aromatic carbocycles. The summed E-state index contributed by atoms with van der Waals surface area (Å²) in [6, 6.07) is 10.3. The van der Waals surface area contributed by atoms with Crippen molar-refractivity contribution in [3.63, 3.8) is 0 Å². The Morgan fingerprint density at radius 2 is 2.05 bits per heavy atom. The van der Waals surface area contributed by atoms with Gasteiger partial charge in [0.15, 0.2) is 6.29 Å². The average Bonchev–Trinajstić information content (AvgIpc) is 2.94. The first kappa shape index (κ1) is 18.4. The van der Waals surface area contributed by atoms with Crippen molar-refractivity contribution in [1.29, 1.82) is 0 Å². The highest BCUT2D eigenvalue weighted by atomic mass is 32.2. The molecule has 0 saturated heterocycles. The van der Waals surface area contributed by atoms with Crippen LogP contribution in [-0.2, 0) is 9.59 Å². The van der Waals surface area contributed by atoms with Crippen molar-refractivity contribution in [3.05, 3.63) is 46.9 Å². The summed E-state index contributed by atoms with van der Waals surface area (Å²) < 4.78 is 0. The van der Waals surface area contributed by atoms with E-state index in [1.54, 1.807) is 18.8 Å². The first-order valence-electron chi connectivity index (χ1n) is 6.32. The second-order valence-electron chi connectivity index (χ2n) is 4.01. The first-order chi connectivity index (χ1) is 9.60. The Balaban J connectivity index is 0.000000272. The van der Waals surface area contributed by atoms with Crippen LogP contribution in [0.2, 0.25) is 0 Å². The number of benzene rings is 1. The maximum absolute atomic E-state index is 9.92. The molecule has 0 aliphatic carbocycles. The fourth-order valence-corrected chi connectivity index (χ4v) is 2.00. The number of amides is 1. The highest BCUT2D eigenvalue weighted by Gasteiger charge is 2.00. The van der Waals surface area contributed by atoms with Crippen molar-refractivity contribution in [2.75, 3.05) is 19.3 Å². The minimum absolute atomic E-state index is 0.264. The number of hydrogen-bond acceptors (Lipinski definition) is 4. The third-order valence-corrected chi connectivity index (χ3v) is 3.18. The SMILES string of the molecule is CNCC(N)=O.Cc1ccccc1.O=CC1=CCCS1. The van der Waals surface area contributed by atoms with Gasteiger partial charge in [0.2, 0.25) is 5.91 Å². The third kappa shape index (κ3) is 11.5. The van der Waals surface area contributed by atoms with E-state index in [2.05, 4.69) is 24.4 Å². The Kier molecular flexibility index (Phi) is 11.5. The highest BCUT2D eigenvalue weighted by molar-refractivity contribution is 8.04. The topological polar surface area (TPSA) is 72.2 Å². The van der Waals surface area contributed by atoms with Crippen LogP contribution >= 0.6 is 11.8 Å². The van der Waals surface area contributed by atoms with E-state index in [0.717, 1.165) is 23.4 Å². The van der Waals surface area contributed by atoms with Gasteiger partial charge in [-0.2, -0.15) is 0 Å². The smallest absolute Gasteiger partial charge is 0.231 e. The Hall–Kier alpha value is -1.59. The molecule has 1 heterocycles. The summed E-state index contributed by atoms with van der Waals surface area (Å²) in [4.78, 5) is 20.6. The maximum Gasteiger partial charge on any atom is 0.231 e. The first-order valence-corrected chi connectivity index (χ1v) is 7.31. The summed E-state index contributed by atoms with van der Waals surface area (Å²) in [5.74, 6) is 0.770. The monoisotopic (exact) mass is 294 g/mol. The van der Waals surface area contributed by atoms with Crippen molar-refractivity contribution >= 4 is 24.0 Å². The molecule has 0 spiro atoms. The van der Waals surface area contributed by atoms with E-state index < -0.39 is 0 Å². The number of carbonyl (C=O) groups excluding carboxylic acids is 2. The molecule has 0 saturated carbocycles. The lowest BCUT2D eigenvalue weighted by Crippen LogP contribution is -2.25. The molecule has 1 aromatic rings. The second kappa shape index (κ2) is 12.4. The van der Waals surface area contributed by atoms with Crippen molar-refractivity contribution in [2.24, 2.45) is 5.73 Å². The molecule has 3 N–H and O–H groups in total. The van der Waals surface area contributed by atoms with E-state index in [0.29, 0.717) is 0 Å². The second-order valence-corrected chi connectivity index (χ2v) is 5.18. The van der Waals surface area contributed by atoms with Crippen LogP contribution in [0.25, 0.3) is 0 Å². The largest absolute Gasteiger partial charge is 0.369 e. The van der Waals surface area contributed by atoms with Crippen molar-refractivity contribution in [3.8, 4) is 0 Å². The summed E-state index contributed by atoms with van der Waals surface area (Å²) in [6.07, 6.45) is 3.95. The highest BCUT2D eigenvalue weighted by Crippen LogP contribution is 2.21. The van der Waals surface area contributed by atoms with Crippen LogP contribution in [0.1, 0.15) is 12.0 Å². The van der Waals surface area contributed by atoms with Crippen LogP contribution in [0.5, 0.6) is 0 Å². The van der Waals surface area contributed by atoms with Gasteiger partial charge in [-0.15, -0.1) is 11.8 Å². The molecule has 1 amide bonds. The number of carbonyl (C=O) groups is 2. The van der Waals surface area contributed by atoms with Crippen LogP contribution < -0.4 is 11.1 Å². The standard InChI is InChI=1S/C7H8.C5H6OS.C3H8N2O/c1-7-5-3-2-4-6-7;6-4-5-2-1-3-7-5;1-5-2-3(4)6/h2-6H,1H3;2,4H,1,3H2;5H,2H2,1H3,(H2,4,6). The van der Waals surface area contributed by atoms with Gasteiger partial charge in [0, 0.05) is 10.7 Å². The normalized spacial score (nSPS) is 12.2. The number of nitrogens with two attached hydrogens (primary N) is 1. The lowest BCUT2D eigenvalue weighted by atomic mass is 10.2. The predicted molar refractivity (Wildman–Crippen MR) is 85.5 cm³/mol. The Labute approximate surface area is 124 Å². The van der Waals surface area contributed by atoms with Crippen LogP contribution in [0.4, 0.5) is 0 Å². The van der Waals surface area contributed by atoms with Crippen molar-refractivity contribution in [2.45, 2.75) is 13.3 Å². The molecular weight excluding hydrogens is 272 g/mol. The predicted octanol–water partition coefficient (Wildman–Crippen LogP) is 1.89. The Morgan fingerprint density at radius 1 is 1.40 bits per heavy atom. The molecule has 2 rings (SSSR count). The zero-order valence-corrected chi connectivity index (χ0v) is 12.8. The van der Waals surface area contributed by atoms with Gasteiger partial charge >= 0.3 is 0 Å². The van der Waals surface area contributed by atoms with Crippen LogP contribution in [0, 0.1) is 6.92 Å². The van der Waals surface area contributed by atoms with E-state index >= 15 is 0 Å². The zero-order chi connectivity index (χ0) is 15.2. The molecule has 5 heteroatoms. The molecule has 0 aromatic heterocycles. The summed E-state index contributed by atoms with van der Waals surface area (Å²) in [5.41, 5.74) is 6.02. The quantitative estimate of drug-likeness (QED) is 0.835. The lowest BCUT2D eigenvalue weighted by Gasteiger charge is -1.85.